The lowest BCUT2D eigenvalue weighted by atomic mass is 10.1. The largest absolute Gasteiger partial charge is 0.469 e. The van der Waals surface area contributed by atoms with E-state index in [-0.39, 0.29) is 43.8 Å². The van der Waals surface area contributed by atoms with Crippen molar-refractivity contribution in [2.45, 2.75) is 6.92 Å². The number of aliphatic hydroxyl groups excluding tert-OH is 1. The number of nitrogens with zero attached hydrogens (tertiary/aromatic N) is 1. The third-order valence-electron chi connectivity index (χ3n) is 3.29. The van der Waals surface area contributed by atoms with Crippen molar-refractivity contribution in [2.24, 2.45) is 5.92 Å². The quantitative estimate of drug-likeness (QED) is 0.527. The fourth-order valence-corrected chi connectivity index (χ4v) is 2.33. The van der Waals surface area contributed by atoms with Crippen LogP contribution < -0.4 is 0 Å². The zero-order valence-electron chi connectivity index (χ0n) is 13.6. The Morgan fingerprint density at radius 3 is 2.54 bits per heavy atom. The molecule has 0 aliphatic heterocycles. The van der Waals surface area contributed by atoms with E-state index in [1.165, 1.54) is 18.1 Å². The summed E-state index contributed by atoms with van der Waals surface area (Å²) in [6, 6.07) is 4.60. The van der Waals surface area contributed by atoms with Gasteiger partial charge in [0.2, 0.25) is 0 Å². The molecule has 1 aromatic rings. The number of rotatable bonds is 9. The van der Waals surface area contributed by atoms with Crippen LogP contribution in [0.2, 0.25) is 10.0 Å². The molecule has 0 aliphatic rings. The van der Waals surface area contributed by atoms with Crippen LogP contribution in [0, 0.1) is 5.92 Å². The molecule has 0 fully saturated rings. The number of esters is 1. The van der Waals surface area contributed by atoms with Gasteiger partial charge in [-0.3, -0.25) is 9.59 Å². The molecule has 24 heavy (non-hydrogen) atoms. The van der Waals surface area contributed by atoms with Crippen LogP contribution in [0.15, 0.2) is 18.2 Å². The Kier molecular flexibility index (Phi) is 9.07. The molecule has 6 nitrogen and oxygen atoms in total. The number of carbonyl (C=O) groups is 2. The Bertz CT molecular complexity index is 567. The molecule has 0 aliphatic carbocycles. The summed E-state index contributed by atoms with van der Waals surface area (Å²) >= 11 is 11.8. The molecule has 8 heteroatoms. The van der Waals surface area contributed by atoms with E-state index in [9.17, 15) is 9.59 Å². The van der Waals surface area contributed by atoms with Gasteiger partial charge in [-0.25, -0.2) is 0 Å². The van der Waals surface area contributed by atoms with Crippen LogP contribution in [0.1, 0.15) is 17.3 Å². The maximum atomic E-state index is 12.7. The lowest BCUT2D eigenvalue weighted by Gasteiger charge is -2.25. The van der Waals surface area contributed by atoms with Crippen molar-refractivity contribution in [3.8, 4) is 0 Å². The van der Waals surface area contributed by atoms with Gasteiger partial charge in [-0.05, 0) is 18.2 Å². The average molecular weight is 378 g/mol. The van der Waals surface area contributed by atoms with Gasteiger partial charge >= 0.3 is 5.97 Å². The number of halogens is 2. The molecule has 1 amide bonds. The fourth-order valence-electron chi connectivity index (χ4n) is 2.04. The number of ether oxygens (including phenoxy) is 2. The van der Waals surface area contributed by atoms with Crippen LogP contribution in [0.25, 0.3) is 0 Å². The topological polar surface area (TPSA) is 76.1 Å². The lowest BCUT2D eigenvalue weighted by molar-refractivity contribution is -0.145. The summed E-state index contributed by atoms with van der Waals surface area (Å²) in [6.45, 7) is 2.44. The van der Waals surface area contributed by atoms with E-state index in [1.807, 2.05) is 0 Å². The average Bonchev–Trinajstić information content (AvgIpc) is 2.58. The Labute approximate surface area is 151 Å². The first-order valence-electron chi connectivity index (χ1n) is 7.41. The number of aliphatic hydroxyl groups is 1. The van der Waals surface area contributed by atoms with E-state index >= 15 is 0 Å². The van der Waals surface area contributed by atoms with Crippen LogP contribution in [-0.4, -0.2) is 61.9 Å². The standard InChI is InChI=1S/C16H21Cl2NO5/c1-11(16(22)23-2)10-19(5-7-24-8-6-20)15(21)12-3-4-13(17)14(18)9-12/h3-4,9,11,20H,5-8,10H2,1-2H3. The highest BCUT2D eigenvalue weighted by Gasteiger charge is 2.23. The highest BCUT2D eigenvalue weighted by atomic mass is 35.5. The smallest absolute Gasteiger partial charge is 0.310 e. The Balaban J connectivity index is 2.86. The van der Waals surface area contributed by atoms with Crippen molar-refractivity contribution in [3.63, 3.8) is 0 Å². The SMILES string of the molecule is COC(=O)C(C)CN(CCOCCO)C(=O)c1ccc(Cl)c(Cl)c1. The molecule has 0 saturated heterocycles. The van der Waals surface area contributed by atoms with Gasteiger partial charge < -0.3 is 19.5 Å². The molecular weight excluding hydrogens is 357 g/mol. The van der Waals surface area contributed by atoms with Crippen LogP contribution in [0.4, 0.5) is 0 Å². The van der Waals surface area contributed by atoms with Gasteiger partial charge in [0.1, 0.15) is 0 Å². The van der Waals surface area contributed by atoms with Crippen LogP contribution in [0.3, 0.4) is 0 Å². The minimum absolute atomic E-state index is 0.0979. The summed E-state index contributed by atoms with van der Waals surface area (Å²) in [5, 5.41) is 9.36. The van der Waals surface area contributed by atoms with Gasteiger partial charge in [-0.2, -0.15) is 0 Å². The zero-order chi connectivity index (χ0) is 18.1. The first-order chi connectivity index (χ1) is 11.4. The second kappa shape index (κ2) is 10.5. The van der Waals surface area contributed by atoms with Crippen molar-refractivity contribution < 1.29 is 24.2 Å². The van der Waals surface area contributed by atoms with Gasteiger partial charge in [-0.1, -0.05) is 30.1 Å². The molecule has 134 valence electrons. The van der Waals surface area contributed by atoms with E-state index < -0.39 is 11.9 Å². The van der Waals surface area contributed by atoms with Gasteiger partial charge in [-0.15, -0.1) is 0 Å². The van der Waals surface area contributed by atoms with E-state index in [4.69, 9.17) is 37.8 Å². The molecule has 1 rings (SSSR count). The number of benzene rings is 1. The summed E-state index contributed by atoms with van der Waals surface area (Å²) in [5.74, 6) is -1.19. The lowest BCUT2D eigenvalue weighted by Crippen LogP contribution is -2.39. The summed E-state index contributed by atoms with van der Waals surface area (Å²) in [5.41, 5.74) is 0.364. The fraction of sp³-hybridized carbons (Fsp3) is 0.500. The number of hydrogen-bond donors (Lipinski definition) is 1. The Morgan fingerprint density at radius 1 is 1.25 bits per heavy atom. The number of methoxy groups -OCH3 is 1. The van der Waals surface area contributed by atoms with Gasteiger partial charge in [0.05, 0.1) is 42.9 Å². The van der Waals surface area contributed by atoms with Crippen molar-refractivity contribution in [2.75, 3.05) is 40.0 Å². The maximum Gasteiger partial charge on any atom is 0.310 e. The van der Waals surface area contributed by atoms with Crippen LogP contribution in [0.5, 0.6) is 0 Å². The first-order valence-corrected chi connectivity index (χ1v) is 8.17. The second-order valence-electron chi connectivity index (χ2n) is 5.14. The molecule has 0 spiro atoms. The molecule has 1 N–H and O–H groups in total. The monoisotopic (exact) mass is 377 g/mol. The normalized spacial score (nSPS) is 11.9. The van der Waals surface area contributed by atoms with Crippen LogP contribution >= 0.6 is 23.2 Å². The van der Waals surface area contributed by atoms with Gasteiger partial charge in [0, 0.05) is 18.7 Å². The van der Waals surface area contributed by atoms with E-state index in [2.05, 4.69) is 0 Å². The molecule has 0 aromatic heterocycles. The third-order valence-corrected chi connectivity index (χ3v) is 4.03. The van der Waals surface area contributed by atoms with Crippen LogP contribution in [-0.2, 0) is 14.3 Å². The molecule has 0 saturated carbocycles. The summed E-state index contributed by atoms with van der Waals surface area (Å²) < 4.78 is 9.90. The van der Waals surface area contributed by atoms with E-state index in [0.29, 0.717) is 10.6 Å². The molecule has 1 atom stereocenters. The minimum Gasteiger partial charge on any atom is -0.469 e. The molecule has 0 radical (unpaired) electrons. The van der Waals surface area contributed by atoms with E-state index in [0.717, 1.165) is 0 Å². The second-order valence-corrected chi connectivity index (χ2v) is 5.95. The van der Waals surface area contributed by atoms with Gasteiger partial charge in [0.15, 0.2) is 0 Å². The number of amides is 1. The summed E-state index contributed by atoms with van der Waals surface area (Å²) in [4.78, 5) is 25.8. The Morgan fingerprint density at radius 2 is 1.96 bits per heavy atom. The number of hydrogen-bond acceptors (Lipinski definition) is 5. The molecule has 1 aromatic carbocycles. The Hall–Kier alpha value is -1.34. The number of carbonyl (C=O) groups excluding carboxylic acids is 2. The highest BCUT2D eigenvalue weighted by Crippen LogP contribution is 2.23. The van der Waals surface area contributed by atoms with Crippen molar-refractivity contribution in [1.29, 1.82) is 0 Å². The zero-order valence-corrected chi connectivity index (χ0v) is 15.1. The predicted octanol–water partition coefficient (Wildman–Crippen LogP) is 2.25. The minimum atomic E-state index is -0.487. The molecular formula is C16H21Cl2NO5. The van der Waals surface area contributed by atoms with Crippen molar-refractivity contribution in [3.05, 3.63) is 33.8 Å². The molecule has 0 heterocycles. The molecule has 1 unspecified atom stereocenters. The maximum absolute atomic E-state index is 12.7. The first kappa shape index (κ1) is 20.7. The summed E-state index contributed by atoms with van der Waals surface area (Å²) in [7, 11) is 1.30. The molecule has 0 bridgehead atoms. The predicted molar refractivity (Wildman–Crippen MR) is 91.5 cm³/mol. The van der Waals surface area contributed by atoms with Crippen molar-refractivity contribution in [1.82, 2.24) is 4.90 Å². The van der Waals surface area contributed by atoms with Gasteiger partial charge in [0.25, 0.3) is 5.91 Å². The highest BCUT2D eigenvalue weighted by molar-refractivity contribution is 6.42. The third kappa shape index (κ3) is 6.28. The summed E-state index contributed by atoms with van der Waals surface area (Å²) in [6.07, 6.45) is 0. The van der Waals surface area contributed by atoms with Crippen molar-refractivity contribution >= 4 is 35.1 Å². The van der Waals surface area contributed by atoms with E-state index in [1.54, 1.807) is 19.1 Å².